The molecule has 23 nitrogen and oxygen atoms in total. The maximum Gasteiger partial charge on any atom is 0.407 e. The topological polar surface area (TPSA) is 334 Å². The fourth-order valence-electron chi connectivity index (χ4n) is 6.37. The lowest BCUT2D eigenvalue weighted by Gasteiger charge is -2.47. The molecule has 0 unspecified atom stereocenters. The third-order valence-corrected chi connectivity index (χ3v) is 9.00. The molecule has 2 aliphatic rings. The number of hydrogen-bond acceptors (Lipinski definition) is 15. The van der Waals surface area contributed by atoms with Crippen LogP contribution in [0.5, 0.6) is 0 Å². The van der Waals surface area contributed by atoms with Crippen molar-refractivity contribution in [3.8, 4) is 0 Å². The van der Waals surface area contributed by atoms with Gasteiger partial charge in [-0.3, -0.25) is 14.4 Å². The molecule has 0 radical (unpaired) electrons. The lowest BCUT2D eigenvalue weighted by molar-refractivity contribution is -0.292. The molecule has 58 heavy (non-hydrogen) atoms. The van der Waals surface area contributed by atoms with E-state index in [1.54, 1.807) is 54.6 Å². The van der Waals surface area contributed by atoms with Gasteiger partial charge in [-0.25, -0.2) is 4.79 Å². The standard InChI is InChI=1S/C35H43N11O12/c1-19(47)55-31-26(16-40-44-36)57-34(27(43-46-38)32(31)56-20(2)48)58-30-24(15-23(42-45-37)28(49)29(30)50)41-33(51)25(53-17-21-9-5-3-6-10-21)13-14-39-35(52)54-18-22-11-7-4-8-12-22/h3-12,23-32,34,49-50H,13-18H2,1-2H3,(H,39,52)(H,41,51)/t23-,24+,25+,26-,27-,28+,29-,30-,31-,32-,34-/m1/s1. The van der Waals surface area contributed by atoms with Crippen LogP contribution >= 0.6 is 0 Å². The van der Waals surface area contributed by atoms with E-state index in [9.17, 15) is 40.5 Å². The number of aliphatic hydroxyl groups is 2. The molecule has 1 saturated carbocycles. The van der Waals surface area contributed by atoms with Crippen molar-refractivity contribution in [1.82, 2.24) is 10.6 Å². The normalized spacial score (nSPS) is 26.8. The Morgan fingerprint density at radius 1 is 0.845 bits per heavy atom. The van der Waals surface area contributed by atoms with E-state index in [4.69, 9.17) is 34.0 Å². The van der Waals surface area contributed by atoms with Crippen LogP contribution in [0.2, 0.25) is 0 Å². The summed E-state index contributed by atoms with van der Waals surface area (Å²) >= 11 is 0. The number of alkyl carbamates (subject to hydrolysis) is 1. The number of ether oxygens (including phenoxy) is 6. The summed E-state index contributed by atoms with van der Waals surface area (Å²) in [6.07, 6.45) is -13.8. The van der Waals surface area contributed by atoms with Gasteiger partial charge in [0.1, 0.15) is 37.1 Å². The Bertz CT molecular complexity index is 1840. The second-order valence-electron chi connectivity index (χ2n) is 13.1. The molecule has 1 heterocycles. The van der Waals surface area contributed by atoms with Gasteiger partial charge >= 0.3 is 18.0 Å². The van der Waals surface area contributed by atoms with Crippen LogP contribution < -0.4 is 10.6 Å². The summed E-state index contributed by atoms with van der Waals surface area (Å²) in [5.41, 5.74) is 29.2. The first kappa shape index (κ1) is 44.6. The van der Waals surface area contributed by atoms with Crippen LogP contribution in [0.15, 0.2) is 76.0 Å². The van der Waals surface area contributed by atoms with Gasteiger partial charge in [0, 0.05) is 41.5 Å². The fraction of sp³-hybridized carbons (Fsp3) is 0.543. The van der Waals surface area contributed by atoms with E-state index < -0.39 is 97.6 Å². The molecule has 11 atom stereocenters. The number of azide groups is 3. The number of amides is 2. The molecule has 23 heteroatoms. The molecule has 4 rings (SSSR count). The van der Waals surface area contributed by atoms with E-state index in [0.29, 0.717) is 0 Å². The van der Waals surface area contributed by atoms with Crippen LogP contribution in [0.4, 0.5) is 4.79 Å². The molecule has 2 fully saturated rings. The second kappa shape index (κ2) is 22.6. The number of benzene rings is 2. The Kier molecular flexibility index (Phi) is 17.3. The van der Waals surface area contributed by atoms with Crippen LogP contribution in [-0.4, -0.2) is 114 Å². The Hall–Kier alpha value is -6.15. The van der Waals surface area contributed by atoms with E-state index in [1.807, 2.05) is 6.07 Å². The average molecular weight is 810 g/mol. The number of aliphatic hydroxyl groups excluding tert-OH is 2. The van der Waals surface area contributed by atoms with E-state index in [0.717, 1.165) is 25.0 Å². The summed E-state index contributed by atoms with van der Waals surface area (Å²) in [6.45, 7) is 1.49. The highest BCUT2D eigenvalue weighted by atomic mass is 16.7. The minimum atomic E-state index is -1.90. The van der Waals surface area contributed by atoms with Crippen molar-refractivity contribution in [2.45, 2.75) is 107 Å². The van der Waals surface area contributed by atoms with Crippen molar-refractivity contribution in [2.24, 2.45) is 15.3 Å². The Labute approximate surface area is 330 Å². The van der Waals surface area contributed by atoms with Crippen molar-refractivity contribution in [3.05, 3.63) is 103 Å². The monoisotopic (exact) mass is 809 g/mol. The van der Waals surface area contributed by atoms with Crippen LogP contribution in [0.1, 0.15) is 37.8 Å². The van der Waals surface area contributed by atoms with Crippen LogP contribution in [-0.2, 0) is 56.0 Å². The first-order chi connectivity index (χ1) is 27.9. The molecule has 310 valence electrons. The van der Waals surface area contributed by atoms with Crippen molar-refractivity contribution in [1.29, 1.82) is 0 Å². The molecule has 1 aliphatic heterocycles. The molecule has 2 aromatic rings. The Morgan fingerprint density at radius 3 is 2.07 bits per heavy atom. The maximum atomic E-state index is 14.0. The summed E-state index contributed by atoms with van der Waals surface area (Å²) in [5, 5.41) is 38.4. The largest absolute Gasteiger partial charge is 0.458 e. The molecule has 0 spiro atoms. The lowest BCUT2D eigenvalue weighted by atomic mass is 9.83. The van der Waals surface area contributed by atoms with Gasteiger partial charge in [0.15, 0.2) is 18.5 Å². The Balaban J connectivity index is 1.60. The number of rotatable bonds is 18. The molecule has 0 bridgehead atoms. The smallest absolute Gasteiger partial charge is 0.407 e. The predicted molar refractivity (Wildman–Crippen MR) is 197 cm³/mol. The molecule has 1 aliphatic carbocycles. The third-order valence-electron chi connectivity index (χ3n) is 9.00. The van der Waals surface area contributed by atoms with Crippen molar-refractivity contribution >= 4 is 23.9 Å². The van der Waals surface area contributed by atoms with E-state index >= 15 is 0 Å². The summed E-state index contributed by atoms with van der Waals surface area (Å²) in [6, 6.07) is 13.7. The third kappa shape index (κ3) is 12.9. The van der Waals surface area contributed by atoms with Gasteiger partial charge in [0.25, 0.3) is 0 Å². The average Bonchev–Trinajstić information content (AvgIpc) is 3.20. The zero-order valence-corrected chi connectivity index (χ0v) is 31.4. The number of nitrogens with zero attached hydrogens (tertiary/aromatic N) is 9. The van der Waals surface area contributed by atoms with Crippen molar-refractivity contribution in [2.75, 3.05) is 13.1 Å². The highest BCUT2D eigenvalue weighted by Crippen LogP contribution is 2.34. The first-order valence-electron chi connectivity index (χ1n) is 18.0. The van der Waals surface area contributed by atoms with Crippen LogP contribution in [0.25, 0.3) is 31.3 Å². The zero-order valence-electron chi connectivity index (χ0n) is 31.4. The molecule has 2 aromatic carbocycles. The molecule has 1 saturated heterocycles. The van der Waals surface area contributed by atoms with Gasteiger partial charge in [-0.2, -0.15) is 0 Å². The van der Waals surface area contributed by atoms with Crippen LogP contribution in [0, 0.1) is 0 Å². The highest BCUT2D eigenvalue weighted by Gasteiger charge is 2.53. The van der Waals surface area contributed by atoms with Gasteiger partial charge in [0.2, 0.25) is 5.91 Å². The maximum absolute atomic E-state index is 14.0. The fourth-order valence-corrected chi connectivity index (χ4v) is 6.37. The van der Waals surface area contributed by atoms with E-state index in [2.05, 4.69) is 40.7 Å². The first-order valence-corrected chi connectivity index (χ1v) is 18.0. The lowest BCUT2D eigenvalue weighted by Crippen LogP contribution is -2.66. The van der Waals surface area contributed by atoms with E-state index in [1.165, 1.54) is 0 Å². The Morgan fingerprint density at radius 2 is 1.47 bits per heavy atom. The predicted octanol–water partition coefficient (Wildman–Crippen LogP) is 3.14. The quantitative estimate of drug-likeness (QED) is 0.0555. The summed E-state index contributed by atoms with van der Waals surface area (Å²) in [5.74, 6) is -2.50. The summed E-state index contributed by atoms with van der Waals surface area (Å²) in [7, 11) is 0. The van der Waals surface area contributed by atoms with Crippen molar-refractivity contribution < 1.29 is 57.8 Å². The highest BCUT2D eigenvalue weighted by molar-refractivity contribution is 5.81. The second-order valence-corrected chi connectivity index (χ2v) is 13.1. The van der Waals surface area contributed by atoms with Gasteiger partial charge in [-0.05, 0) is 34.1 Å². The zero-order chi connectivity index (χ0) is 42.0. The molecular formula is C35H43N11O12. The summed E-state index contributed by atoms with van der Waals surface area (Å²) < 4.78 is 34.1. The SMILES string of the molecule is CC(=O)O[C@@H]1[C@@H](N=[N+]=[N-])[C@@H](O[C@H]2[C@H](O)[C@@H](O)[C@H](N=[N+]=[N-])C[C@@H]2NC(=O)[C@H](CCNC(=O)OCc2ccccc2)OCc2ccccc2)O[C@H](CN=[N+]=[N-])[C@H]1OC(C)=O. The molecular weight excluding hydrogens is 766 g/mol. The van der Waals surface area contributed by atoms with Gasteiger partial charge in [-0.1, -0.05) is 76.0 Å². The minimum absolute atomic E-state index is 0.00818. The van der Waals surface area contributed by atoms with Gasteiger partial charge in [-0.15, -0.1) is 0 Å². The van der Waals surface area contributed by atoms with E-state index in [-0.39, 0.29) is 32.6 Å². The number of hydrogen-bond donors (Lipinski definition) is 4. The summed E-state index contributed by atoms with van der Waals surface area (Å²) in [4.78, 5) is 59.0. The number of carbonyl (C=O) groups excluding carboxylic acids is 4. The van der Waals surface area contributed by atoms with Gasteiger partial charge < -0.3 is 49.3 Å². The molecule has 4 N–H and O–H groups in total. The van der Waals surface area contributed by atoms with Crippen molar-refractivity contribution in [3.63, 3.8) is 0 Å². The molecule has 0 aromatic heterocycles. The minimum Gasteiger partial charge on any atom is -0.458 e. The van der Waals surface area contributed by atoms with Gasteiger partial charge in [0.05, 0.1) is 31.3 Å². The number of nitrogens with one attached hydrogen (secondary N) is 2. The number of carbonyl (C=O) groups is 4. The number of esters is 2. The van der Waals surface area contributed by atoms with Crippen LogP contribution in [0.3, 0.4) is 0 Å². The molecule has 2 amide bonds.